The van der Waals surface area contributed by atoms with Crippen LogP contribution in [0.3, 0.4) is 0 Å². The molecule has 5 nitrogen and oxygen atoms in total. The molecule has 1 heterocycles. The van der Waals surface area contributed by atoms with Crippen molar-refractivity contribution in [2.24, 2.45) is 0 Å². The Kier molecular flexibility index (Phi) is 5.38. The van der Waals surface area contributed by atoms with Crippen LogP contribution in [0.4, 0.5) is 4.79 Å². The van der Waals surface area contributed by atoms with Crippen LogP contribution in [-0.2, 0) is 6.54 Å². The molecule has 0 saturated heterocycles. The van der Waals surface area contributed by atoms with E-state index < -0.39 is 0 Å². The third kappa shape index (κ3) is 3.76. The Bertz CT molecular complexity index is 642. The lowest BCUT2D eigenvalue weighted by atomic mass is 10.1. The first-order valence-corrected chi connectivity index (χ1v) is 7.95. The van der Waals surface area contributed by atoms with Gasteiger partial charge in [0.05, 0.1) is 19.7 Å². The molecule has 0 fully saturated rings. The molecule has 0 aliphatic rings. The summed E-state index contributed by atoms with van der Waals surface area (Å²) in [7, 11) is 3.41. The molecule has 2 amide bonds. The molecular formula is C16H21N3O2S. The second-order valence-electron chi connectivity index (χ2n) is 5.07. The van der Waals surface area contributed by atoms with Crippen LogP contribution in [0.1, 0.15) is 29.2 Å². The number of nitrogens with zero attached hydrogens (tertiary/aromatic N) is 2. The van der Waals surface area contributed by atoms with Gasteiger partial charge in [0.15, 0.2) is 0 Å². The number of ether oxygens (including phenoxy) is 1. The smallest absolute Gasteiger partial charge is 0.317 e. The number of para-hydroxylation sites is 1. The summed E-state index contributed by atoms with van der Waals surface area (Å²) >= 11 is 1.55. The van der Waals surface area contributed by atoms with E-state index in [0.29, 0.717) is 6.54 Å². The number of hydrogen-bond donors (Lipinski definition) is 1. The molecule has 0 bridgehead atoms. The van der Waals surface area contributed by atoms with Gasteiger partial charge < -0.3 is 15.0 Å². The summed E-state index contributed by atoms with van der Waals surface area (Å²) in [6, 6.07) is 7.51. The zero-order valence-corrected chi connectivity index (χ0v) is 14.1. The lowest BCUT2D eigenvalue weighted by Crippen LogP contribution is -2.38. The van der Waals surface area contributed by atoms with Crippen molar-refractivity contribution < 1.29 is 9.53 Å². The Morgan fingerprint density at radius 3 is 2.82 bits per heavy atom. The minimum absolute atomic E-state index is 0.0887. The number of nitrogens with one attached hydrogen (secondary N) is 1. The predicted octanol–water partition coefficient (Wildman–Crippen LogP) is 3.36. The summed E-state index contributed by atoms with van der Waals surface area (Å²) in [5.41, 5.74) is 1.96. The molecule has 22 heavy (non-hydrogen) atoms. The molecule has 1 atom stereocenters. The van der Waals surface area contributed by atoms with Gasteiger partial charge in [-0.15, -0.1) is 11.3 Å². The van der Waals surface area contributed by atoms with Gasteiger partial charge in [-0.3, -0.25) is 0 Å². The fraction of sp³-hybridized carbons (Fsp3) is 0.375. The third-order valence-corrected chi connectivity index (χ3v) is 4.51. The van der Waals surface area contributed by atoms with Crippen LogP contribution in [0.5, 0.6) is 5.75 Å². The normalized spacial score (nSPS) is 11.8. The maximum absolute atomic E-state index is 12.3. The number of amides is 2. The number of thiazole rings is 1. The molecule has 1 aromatic heterocycles. The molecule has 0 saturated carbocycles. The van der Waals surface area contributed by atoms with Crippen molar-refractivity contribution in [1.82, 2.24) is 15.2 Å². The van der Waals surface area contributed by atoms with Gasteiger partial charge in [-0.25, -0.2) is 9.78 Å². The van der Waals surface area contributed by atoms with Gasteiger partial charge in [0, 0.05) is 23.7 Å². The highest BCUT2D eigenvalue weighted by Gasteiger charge is 2.20. The molecule has 2 rings (SSSR count). The van der Waals surface area contributed by atoms with Gasteiger partial charge in [-0.1, -0.05) is 18.2 Å². The third-order valence-electron chi connectivity index (χ3n) is 3.55. The first-order valence-electron chi connectivity index (χ1n) is 7.07. The summed E-state index contributed by atoms with van der Waals surface area (Å²) in [4.78, 5) is 18.3. The van der Waals surface area contributed by atoms with Crippen LogP contribution in [0.15, 0.2) is 29.6 Å². The summed E-state index contributed by atoms with van der Waals surface area (Å²) in [6.45, 7) is 4.36. The van der Waals surface area contributed by atoms with Crippen molar-refractivity contribution in [1.29, 1.82) is 0 Å². The summed E-state index contributed by atoms with van der Waals surface area (Å²) in [6.07, 6.45) is 0. The van der Waals surface area contributed by atoms with Crippen LogP contribution in [-0.4, -0.2) is 30.1 Å². The summed E-state index contributed by atoms with van der Waals surface area (Å²) in [5.74, 6) is 0.783. The Hall–Kier alpha value is -2.08. The van der Waals surface area contributed by atoms with Gasteiger partial charge in [0.1, 0.15) is 10.8 Å². The fourth-order valence-electron chi connectivity index (χ4n) is 2.16. The van der Waals surface area contributed by atoms with Gasteiger partial charge in [0.2, 0.25) is 0 Å². The van der Waals surface area contributed by atoms with E-state index in [9.17, 15) is 4.79 Å². The second-order valence-corrected chi connectivity index (χ2v) is 6.01. The van der Waals surface area contributed by atoms with Crippen molar-refractivity contribution in [2.45, 2.75) is 26.4 Å². The van der Waals surface area contributed by atoms with Crippen molar-refractivity contribution in [3.05, 3.63) is 45.9 Å². The number of urea groups is 1. The molecule has 0 unspecified atom stereocenters. The number of carbonyl (C=O) groups is 1. The van der Waals surface area contributed by atoms with E-state index in [-0.39, 0.29) is 12.1 Å². The van der Waals surface area contributed by atoms with E-state index in [1.807, 2.05) is 43.5 Å². The maximum atomic E-state index is 12.3. The fourth-order valence-corrected chi connectivity index (χ4v) is 2.87. The molecule has 2 aromatic rings. The Labute approximate surface area is 134 Å². The Balaban J connectivity index is 2.00. The van der Waals surface area contributed by atoms with Crippen molar-refractivity contribution in [2.75, 3.05) is 14.2 Å². The zero-order chi connectivity index (χ0) is 16.1. The number of aryl methyl sites for hydroxylation is 1. The largest absolute Gasteiger partial charge is 0.496 e. The zero-order valence-electron chi connectivity index (χ0n) is 13.3. The van der Waals surface area contributed by atoms with Gasteiger partial charge >= 0.3 is 6.03 Å². The molecule has 0 radical (unpaired) electrons. The minimum Gasteiger partial charge on any atom is -0.496 e. The molecular weight excluding hydrogens is 298 g/mol. The highest BCUT2D eigenvalue weighted by atomic mass is 32.1. The average Bonchev–Trinajstić information content (AvgIpc) is 2.96. The van der Waals surface area contributed by atoms with Crippen LogP contribution in [0, 0.1) is 6.92 Å². The number of benzene rings is 1. The van der Waals surface area contributed by atoms with Gasteiger partial charge in [0.25, 0.3) is 0 Å². The van der Waals surface area contributed by atoms with E-state index in [0.717, 1.165) is 22.0 Å². The molecule has 118 valence electrons. The average molecular weight is 319 g/mol. The Morgan fingerprint density at radius 1 is 1.45 bits per heavy atom. The van der Waals surface area contributed by atoms with Crippen molar-refractivity contribution in [3.8, 4) is 5.75 Å². The lowest BCUT2D eigenvalue weighted by molar-refractivity contribution is 0.193. The molecule has 6 heteroatoms. The first-order chi connectivity index (χ1) is 10.5. The molecule has 0 spiro atoms. The molecule has 1 N–H and O–H groups in total. The molecule has 1 aromatic carbocycles. The van der Waals surface area contributed by atoms with Crippen LogP contribution >= 0.6 is 11.3 Å². The number of rotatable bonds is 5. The first kappa shape index (κ1) is 16.3. The van der Waals surface area contributed by atoms with E-state index in [1.165, 1.54) is 0 Å². The summed E-state index contributed by atoms with van der Waals surface area (Å²) < 4.78 is 5.36. The SMILES string of the molecule is COc1ccccc1[C@H](C)N(C)C(=O)NCc1nc(C)cs1. The van der Waals surface area contributed by atoms with E-state index in [2.05, 4.69) is 10.3 Å². The molecule has 0 aliphatic carbocycles. The van der Waals surface area contributed by atoms with Crippen LogP contribution in [0.25, 0.3) is 0 Å². The van der Waals surface area contributed by atoms with Gasteiger partial charge in [-0.05, 0) is 19.9 Å². The number of carbonyl (C=O) groups excluding carboxylic acids is 1. The molecule has 0 aliphatic heterocycles. The Morgan fingerprint density at radius 2 is 2.18 bits per heavy atom. The number of hydrogen-bond acceptors (Lipinski definition) is 4. The van der Waals surface area contributed by atoms with E-state index in [4.69, 9.17) is 4.74 Å². The van der Waals surface area contributed by atoms with Crippen LogP contribution in [0.2, 0.25) is 0 Å². The highest BCUT2D eigenvalue weighted by Crippen LogP contribution is 2.28. The number of methoxy groups -OCH3 is 1. The van der Waals surface area contributed by atoms with Crippen molar-refractivity contribution >= 4 is 17.4 Å². The topological polar surface area (TPSA) is 54.5 Å². The van der Waals surface area contributed by atoms with E-state index in [1.54, 1.807) is 30.4 Å². The predicted molar refractivity (Wildman–Crippen MR) is 88.3 cm³/mol. The van der Waals surface area contributed by atoms with Crippen molar-refractivity contribution in [3.63, 3.8) is 0 Å². The number of aromatic nitrogens is 1. The maximum Gasteiger partial charge on any atom is 0.317 e. The minimum atomic E-state index is -0.133. The second kappa shape index (κ2) is 7.26. The highest BCUT2D eigenvalue weighted by molar-refractivity contribution is 7.09. The van der Waals surface area contributed by atoms with Gasteiger partial charge in [-0.2, -0.15) is 0 Å². The summed E-state index contributed by atoms with van der Waals surface area (Å²) in [5, 5.41) is 5.78. The quantitative estimate of drug-likeness (QED) is 0.919. The standard InChI is InChI=1S/C16H21N3O2S/c1-11-10-22-15(18-11)9-17-16(20)19(3)12(2)13-7-5-6-8-14(13)21-4/h5-8,10,12H,9H2,1-4H3,(H,17,20)/t12-/m0/s1. The van der Waals surface area contributed by atoms with E-state index >= 15 is 0 Å². The van der Waals surface area contributed by atoms with Crippen LogP contribution < -0.4 is 10.1 Å². The lowest BCUT2D eigenvalue weighted by Gasteiger charge is -2.26. The monoisotopic (exact) mass is 319 g/mol.